The van der Waals surface area contributed by atoms with Gasteiger partial charge in [-0.05, 0) is 31.9 Å². The smallest absolute Gasteiger partial charge is 0.191 e. The Morgan fingerprint density at radius 1 is 1.34 bits per heavy atom. The van der Waals surface area contributed by atoms with Gasteiger partial charge in [0.25, 0.3) is 0 Å². The number of anilines is 1. The van der Waals surface area contributed by atoms with Crippen molar-refractivity contribution in [2.24, 2.45) is 4.99 Å². The predicted molar refractivity (Wildman–Crippen MR) is 116 cm³/mol. The molecule has 2 aromatic rings. The van der Waals surface area contributed by atoms with Gasteiger partial charge in [0.1, 0.15) is 12.4 Å². The van der Waals surface area contributed by atoms with Gasteiger partial charge in [-0.3, -0.25) is 4.99 Å². The second kappa shape index (κ2) is 10.8. The minimum absolute atomic E-state index is 0.296. The molecule has 158 valence electrons. The van der Waals surface area contributed by atoms with Gasteiger partial charge < -0.3 is 20.3 Å². The molecule has 0 radical (unpaired) electrons. The first-order chi connectivity index (χ1) is 14.2. The van der Waals surface area contributed by atoms with E-state index in [1.807, 2.05) is 10.7 Å². The molecule has 1 aromatic heterocycles. The second-order valence-electron chi connectivity index (χ2n) is 7.31. The Morgan fingerprint density at radius 2 is 2.17 bits per heavy atom. The molecule has 0 saturated heterocycles. The topological polar surface area (TPSA) is 79.6 Å². The molecule has 0 aliphatic carbocycles. The lowest BCUT2D eigenvalue weighted by molar-refractivity contribution is 0.177. The summed E-state index contributed by atoms with van der Waals surface area (Å²) in [5.41, 5.74) is 1.24. The second-order valence-corrected chi connectivity index (χ2v) is 7.31. The molecule has 0 saturated carbocycles. The Morgan fingerprint density at radius 3 is 2.93 bits per heavy atom. The van der Waals surface area contributed by atoms with Gasteiger partial charge in [0.15, 0.2) is 11.8 Å². The van der Waals surface area contributed by atoms with Crippen LogP contribution in [0, 0.1) is 0 Å². The van der Waals surface area contributed by atoms with E-state index < -0.39 is 0 Å². The predicted octanol–water partition coefficient (Wildman–Crippen LogP) is 1.82. The number of guanidine groups is 1. The van der Waals surface area contributed by atoms with Crippen LogP contribution in [0.1, 0.15) is 31.4 Å². The number of nitrogens with zero attached hydrogens (tertiary/aromatic N) is 5. The molecule has 0 spiro atoms. The van der Waals surface area contributed by atoms with Crippen molar-refractivity contribution in [2.75, 3.05) is 38.7 Å². The highest BCUT2D eigenvalue weighted by atomic mass is 16.5. The molecule has 8 heteroatoms. The van der Waals surface area contributed by atoms with E-state index in [1.165, 1.54) is 5.69 Å². The maximum Gasteiger partial charge on any atom is 0.191 e. The fraction of sp³-hybridized carbons (Fsp3) is 0.571. The third-order valence-electron chi connectivity index (χ3n) is 4.98. The summed E-state index contributed by atoms with van der Waals surface area (Å²) >= 11 is 0. The molecule has 1 aliphatic rings. The van der Waals surface area contributed by atoms with Crippen LogP contribution in [0.15, 0.2) is 35.3 Å². The summed E-state index contributed by atoms with van der Waals surface area (Å²) < 4.78 is 7.14. The van der Waals surface area contributed by atoms with E-state index in [-0.39, 0.29) is 0 Å². The largest absolute Gasteiger partial charge is 0.377 e. The Hall–Kier alpha value is -2.61. The van der Waals surface area contributed by atoms with Gasteiger partial charge in [0.2, 0.25) is 0 Å². The SMILES string of the molecule is CCNC(=NCCCN(C)c1ccccc1)NC1CCc2nc(COC)nn2C1. The highest BCUT2D eigenvalue weighted by Crippen LogP contribution is 2.14. The number of hydrogen-bond acceptors (Lipinski definition) is 5. The van der Waals surface area contributed by atoms with Crippen molar-refractivity contribution in [1.82, 2.24) is 25.4 Å². The van der Waals surface area contributed by atoms with Crippen LogP contribution in [-0.2, 0) is 24.3 Å². The van der Waals surface area contributed by atoms with E-state index in [1.54, 1.807) is 7.11 Å². The van der Waals surface area contributed by atoms with E-state index in [0.29, 0.717) is 12.6 Å². The Balaban J connectivity index is 1.49. The van der Waals surface area contributed by atoms with Gasteiger partial charge in [-0.15, -0.1) is 0 Å². The zero-order valence-electron chi connectivity index (χ0n) is 17.8. The van der Waals surface area contributed by atoms with E-state index in [9.17, 15) is 0 Å². The third-order valence-corrected chi connectivity index (χ3v) is 4.98. The summed E-state index contributed by atoms with van der Waals surface area (Å²) in [4.78, 5) is 11.6. The molecule has 29 heavy (non-hydrogen) atoms. The molecule has 2 heterocycles. The molecule has 0 amide bonds. The summed E-state index contributed by atoms with van der Waals surface area (Å²) in [6, 6.07) is 10.7. The molecule has 0 fully saturated rings. The molecule has 2 N–H and O–H groups in total. The number of benzene rings is 1. The standard InChI is InChI=1S/C21H33N7O/c1-4-22-21(23-13-8-14-27(2)18-9-6-5-7-10-18)24-17-11-12-20-25-19(16-29-3)26-28(20)15-17/h5-7,9-10,17H,4,8,11-16H2,1-3H3,(H2,22,23,24). The number of methoxy groups -OCH3 is 1. The van der Waals surface area contributed by atoms with Crippen molar-refractivity contribution in [2.45, 2.75) is 45.4 Å². The zero-order valence-corrected chi connectivity index (χ0v) is 17.8. The van der Waals surface area contributed by atoms with Crippen LogP contribution in [0.4, 0.5) is 5.69 Å². The number of fused-ring (bicyclic) bond motifs is 1. The monoisotopic (exact) mass is 399 g/mol. The van der Waals surface area contributed by atoms with Crippen LogP contribution in [0.3, 0.4) is 0 Å². The number of aryl methyl sites for hydroxylation is 1. The summed E-state index contributed by atoms with van der Waals surface area (Å²) in [5, 5.41) is 11.5. The van der Waals surface area contributed by atoms with Crippen LogP contribution in [0.25, 0.3) is 0 Å². The number of nitrogens with one attached hydrogen (secondary N) is 2. The molecule has 1 aliphatic heterocycles. The molecule has 3 rings (SSSR count). The fourth-order valence-corrected chi connectivity index (χ4v) is 3.49. The lowest BCUT2D eigenvalue weighted by Gasteiger charge is -2.25. The van der Waals surface area contributed by atoms with E-state index in [2.05, 4.69) is 63.9 Å². The molecule has 8 nitrogen and oxygen atoms in total. The Kier molecular flexibility index (Phi) is 7.86. The van der Waals surface area contributed by atoms with Crippen LogP contribution >= 0.6 is 0 Å². The van der Waals surface area contributed by atoms with Crippen molar-refractivity contribution in [3.05, 3.63) is 42.0 Å². The van der Waals surface area contributed by atoms with Crippen LogP contribution < -0.4 is 15.5 Å². The molecule has 0 bridgehead atoms. The van der Waals surface area contributed by atoms with Crippen LogP contribution in [-0.4, -0.2) is 60.6 Å². The fourth-order valence-electron chi connectivity index (χ4n) is 3.49. The Labute approximate surface area is 173 Å². The van der Waals surface area contributed by atoms with E-state index in [0.717, 1.165) is 63.0 Å². The molecule has 1 unspecified atom stereocenters. The number of aliphatic imine (C=N–C) groups is 1. The van der Waals surface area contributed by atoms with Gasteiger partial charge in [-0.1, -0.05) is 18.2 Å². The van der Waals surface area contributed by atoms with Gasteiger partial charge in [-0.2, -0.15) is 5.10 Å². The lowest BCUT2D eigenvalue weighted by atomic mass is 10.1. The van der Waals surface area contributed by atoms with Gasteiger partial charge >= 0.3 is 0 Å². The van der Waals surface area contributed by atoms with Crippen molar-refractivity contribution < 1.29 is 4.74 Å². The zero-order chi connectivity index (χ0) is 20.5. The van der Waals surface area contributed by atoms with Crippen molar-refractivity contribution in [1.29, 1.82) is 0 Å². The number of hydrogen-bond donors (Lipinski definition) is 2. The van der Waals surface area contributed by atoms with Crippen molar-refractivity contribution >= 4 is 11.6 Å². The highest BCUT2D eigenvalue weighted by molar-refractivity contribution is 5.80. The summed E-state index contributed by atoms with van der Waals surface area (Å²) in [7, 11) is 3.79. The number of aromatic nitrogens is 3. The molecular formula is C21H33N7O. The maximum absolute atomic E-state index is 5.14. The van der Waals surface area contributed by atoms with Crippen LogP contribution in [0.5, 0.6) is 0 Å². The van der Waals surface area contributed by atoms with Gasteiger partial charge in [-0.25, -0.2) is 9.67 Å². The van der Waals surface area contributed by atoms with E-state index in [4.69, 9.17) is 9.73 Å². The molecular weight excluding hydrogens is 366 g/mol. The number of ether oxygens (including phenoxy) is 1. The minimum atomic E-state index is 0.296. The number of para-hydroxylation sites is 1. The molecule has 1 atom stereocenters. The van der Waals surface area contributed by atoms with Crippen molar-refractivity contribution in [3.63, 3.8) is 0 Å². The quantitative estimate of drug-likeness (QED) is 0.380. The summed E-state index contributed by atoms with van der Waals surface area (Å²) in [6.07, 6.45) is 2.93. The summed E-state index contributed by atoms with van der Waals surface area (Å²) in [5.74, 6) is 2.67. The average molecular weight is 400 g/mol. The van der Waals surface area contributed by atoms with Gasteiger partial charge in [0, 0.05) is 51.9 Å². The molecule has 1 aromatic carbocycles. The Bertz CT molecular complexity index is 775. The highest BCUT2D eigenvalue weighted by Gasteiger charge is 2.22. The maximum atomic E-state index is 5.14. The third kappa shape index (κ3) is 6.19. The van der Waals surface area contributed by atoms with Crippen LogP contribution in [0.2, 0.25) is 0 Å². The summed E-state index contributed by atoms with van der Waals surface area (Å²) in [6.45, 7) is 5.95. The average Bonchev–Trinajstić information content (AvgIpc) is 3.13. The van der Waals surface area contributed by atoms with Crippen molar-refractivity contribution in [3.8, 4) is 0 Å². The van der Waals surface area contributed by atoms with Gasteiger partial charge in [0.05, 0.1) is 6.54 Å². The number of rotatable bonds is 9. The minimum Gasteiger partial charge on any atom is -0.377 e. The first-order valence-corrected chi connectivity index (χ1v) is 10.4. The van der Waals surface area contributed by atoms with E-state index >= 15 is 0 Å². The lowest BCUT2D eigenvalue weighted by Crippen LogP contribution is -2.47. The first-order valence-electron chi connectivity index (χ1n) is 10.4. The first kappa shape index (κ1) is 21.1. The normalized spacial score (nSPS) is 16.4.